The summed E-state index contributed by atoms with van der Waals surface area (Å²) in [5, 5.41) is 13.0. The number of non-ortho nitro benzene ring substituents is 1. The van der Waals surface area contributed by atoms with Crippen LogP contribution in [0.3, 0.4) is 0 Å². The molecule has 2 rings (SSSR count). The number of carbonyl (C=O) groups is 2. The monoisotopic (exact) mass is 347 g/mol. The van der Waals surface area contributed by atoms with Gasteiger partial charge in [-0.2, -0.15) is 0 Å². The number of amides is 1. The van der Waals surface area contributed by atoms with Gasteiger partial charge in [0.15, 0.2) is 6.61 Å². The van der Waals surface area contributed by atoms with E-state index in [1.54, 1.807) is 6.92 Å². The Labute approximate surface area is 141 Å². The van der Waals surface area contributed by atoms with Crippen LogP contribution in [0.25, 0.3) is 0 Å². The summed E-state index contributed by atoms with van der Waals surface area (Å²) in [7, 11) is 0. The van der Waals surface area contributed by atoms with Crippen molar-refractivity contribution >= 4 is 28.9 Å². The van der Waals surface area contributed by atoms with Crippen LogP contribution in [0.15, 0.2) is 36.4 Å². The van der Waals surface area contributed by atoms with Gasteiger partial charge in [0.25, 0.3) is 11.6 Å². The van der Waals surface area contributed by atoms with Crippen LogP contribution in [-0.4, -0.2) is 23.4 Å². The average molecular weight is 347 g/mol. The molecule has 0 saturated carbocycles. The summed E-state index contributed by atoms with van der Waals surface area (Å²) in [5.74, 6) is -2.05. The van der Waals surface area contributed by atoms with Gasteiger partial charge in [-0.3, -0.25) is 14.9 Å². The smallest absolute Gasteiger partial charge is 0.340 e. The minimum Gasteiger partial charge on any atom is -0.452 e. The predicted molar refractivity (Wildman–Crippen MR) is 87.6 cm³/mol. The number of nitrogens with two attached hydrogens (primary N) is 1. The minimum absolute atomic E-state index is 0.0974. The van der Waals surface area contributed by atoms with Crippen LogP contribution in [0, 0.1) is 22.9 Å². The van der Waals surface area contributed by atoms with Gasteiger partial charge in [-0.1, -0.05) is 6.07 Å². The quantitative estimate of drug-likeness (QED) is 0.370. The largest absolute Gasteiger partial charge is 0.452 e. The molecule has 0 aliphatic heterocycles. The second-order valence-electron chi connectivity index (χ2n) is 5.12. The van der Waals surface area contributed by atoms with Gasteiger partial charge >= 0.3 is 5.97 Å². The predicted octanol–water partition coefficient (Wildman–Crippen LogP) is 2.42. The van der Waals surface area contributed by atoms with E-state index in [4.69, 9.17) is 10.5 Å². The topological polar surface area (TPSA) is 125 Å². The Balaban J connectivity index is 1.96. The number of hydrogen-bond acceptors (Lipinski definition) is 6. The van der Waals surface area contributed by atoms with Crippen molar-refractivity contribution in [3.63, 3.8) is 0 Å². The van der Waals surface area contributed by atoms with E-state index >= 15 is 0 Å². The third-order valence-electron chi connectivity index (χ3n) is 3.26. The van der Waals surface area contributed by atoms with E-state index < -0.39 is 29.2 Å². The van der Waals surface area contributed by atoms with Crippen LogP contribution in [-0.2, 0) is 9.53 Å². The van der Waals surface area contributed by atoms with E-state index in [9.17, 15) is 24.1 Å². The molecule has 0 atom stereocenters. The molecule has 0 fully saturated rings. The number of nitro benzene ring substituents is 1. The van der Waals surface area contributed by atoms with Gasteiger partial charge in [-0.25, -0.2) is 9.18 Å². The highest BCUT2D eigenvalue weighted by molar-refractivity contribution is 5.98. The molecule has 0 aromatic heterocycles. The number of rotatable bonds is 5. The van der Waals surface area contributed by atoms with E-state index in [-0.39, 0.29) is 22.6 Å². The summed E-state index contributed by atoms with van der Waals surface area (Å²) in [5.41, 5.74) is 5.72. The molecular formula is C16H14FN3O5. The van der Waals surface area contributed by atoms with E-state index in [0.29, 0.717) is 5.56 Å². The molecule has 0 heterocycles. The number of nitro groups is 1. The number of nitrogen functional groups attached to an aromatic ring is 1. The second-order valence-corrected chi connectivity index (χ2v) is 5.12. The lowest BCUT2D eigenvalue weighted by molar-refractivity contribution is -0.384. The lowest BCUT2D eigenvalue weighted by atomic mass is 10.1. The standard InChI is InChI=1S/C16H14FN3O5/c1-9-2-3-10(6-13(9)17)19-15(21)8-25-16(22)12-5-4-11(20(23)24)7-14(12)18/h2-7H,8,18H2,1H3,(H,19,21). The average Bonchev–Trinajstić information content (AvgIpc) is 2.56. The third-order valence-corrected chi connectivity index (χ3v) is 3.26. The van der Waals surface area contributed by atoms with Crippen LogP contribution < -0.4 is 11.1 Å². The van der Waals surface area contributed by atoms with Gasteiger partial charge < -0.3 is 15.8 Å². The number of aryl methyl sites for hydroxylation is 1. The number of carbonyl (C=O) groups excluding carboxylic acids is 2. The maximum absolute atomic E-state index is 13.4. The number of nitrogens with one attached hydrogen (secondary N) is 1. The Hall–Kier alpha value is -3.49. The van der Waals surface area contributed by atoms with Gasteiger partial charge in [0, 0.05) is 17.8 Å². The van der Waals surface area contributed by atoms with Crippen molar-refractivity contribution in [3.8, 4) is 0 Å². The Bertz CT molecular complexity index is 854. The Morgan fingerprint density at radius 1 is 1.28 bits per heavy atom. The Morgan fingerprint density at radius 3 is 2.60 bits per heavy atom. The van der Waals surface area contributed by atoms with Gasteiger partial charge in [-0.15, -0.1) is 0 Å². The number of nitrogens with zero attached hydrogens (tertiary/aromatic N) is 1. The summed E-state index contributed by atoms with van der Waals surface area (Å²) < 4.78 is 18.2. The van der Waals surface area contributed by atoms with Crippen LogP contribution >= 0.6 is 0 Å². The molecule has 8 nitrogen and oxygen atoms in total. The van der Waals surface area contributed by atoms with Gasteiger partial charge in [0.2, 0.25) is 0 Å². The molecule has 2 aromatic rings. The summed E-state index contributed by atoms with van der Waals surface area (Å²) >= 11 is 0. The lowest BCUT2D eigenvalue weighted by Crippen LogP contribution is -2.21. The lowest BCUT2D eigenvalue weighted by Gasteiger charge is -2.08. The fourth-order valence-corrected chi connectivity index (χ4v) is 1.93. The van der Waals surface area contributed by atoms with Crippen LogP contribution in [0.4, 0.5) is 21.5 Å². The highest BCUT2D eigenvalue weighted by atomic mass is 19.1. The number of ether oxygens (including phenoxy) is 1. The van der Waals surface area contributed by atoms with Crippen LogP contribution in [0.1, 0.15) is 15.9 Å². The molecule has 0 aliphatic rings. The number of hydrogen-bond donors (Lipinski definition) is 2. The molecule has 25 heavy (non-hydrogen) atoms. The van der Waals surface area contributed by atoms with Crippen molar-refractivity contribution < 1.29 is 23.6 Å². The van der Waals surface area contributed by atoms with Crippen molar-refractivity contribution in [2.45, 2.75) is 6.92 Å². The summed E-state index contributed by atoms with van der Waals surface area (Å²) in [6.45, 7) is 0.960. The zero-order chi connectivity index (χ0) is 18.6. The molecule has 0 bridgehead atoms. The molecular weight excluding hydrogens is 333 g/mol. The highest BCUT2D eigenvalue weighted by Crippen LogP contribution is 2.20. The van der Waals surface area contributed by atoms with Gasteiger partial charge in [-0.05, 0) is 30.7 Å². The fourth-order valence-electron chi connectivity index (χ4n) is 1.93. The van der Waals surface area contributed by atoms with E-state index in [2.05, 4.69) is 5.32 Å². The first kappa shape index (κ1) is 17.9. The van der Waals surface area contributed by atoms with Gasteiger partial charge in [0.05, 0.1) is 16.2 Å². The normalized spacial score (nSPS) is 10.2. The van der Waals surface area contributed by atoms with Crippen LogP contribution in [0.2, 0.25) is 0 Å². The molecule has 0 unspecified atom stereocenters. The summed E-state index contributed by atoms with van der Waals surface area (Å²) in [4.78, 5) is 33.6. The molecule has 3 N–H and O–H groups in total. The maximum Gasteiger partial charge on any atom is 0.340 e. The zero-order valence-corrected chi connectivity index (χ0v) is 13.1. The van der Waals surface area contributed by atoms with Gasteiger partial charge in [0.1, 0.15) is 5.82 Å². The molecule has 9 heteroatoms. The van der Waals surface area contributed by atoms with Crippen molar-refractivity contribution in [2.75, 3.05) is 17.7 Å². The fraction of sp³-hybridized carbons (Fsp3) is 0.125. The molecule has 0 saturated heterocycles. The van der Waals surface area contributed by atoms with E-state index in [1.165, 1.54) is 12.1 Å². The van der Waals surface area contributed by atoms with E-state index in [1.807, 2.05) is 0 Å². The number of benzene rings is 2. The number of esters is 1. The number of anilines is 2. The van der Waals surface area contributed by atoms with Crippen molar-refractivity contribution in [1.29, 1.82) is 0 Å². The van der Waals surface area contributed by atoms with Crippen LogP contribution in [0.5, 0.6) is 0 Å². The molecule has 130 valence electrons. The molecule has 0 spiro atoms. The van der Waals surface area contributed by atoms with Crippen molar-refractivity contribution in [2.24, 2.45) is 0 Å². The first-order chi connectivity index (χ1) is 11.8. The number of halogens is 1. The summed E-state index contributed by atoms with van der Waals surface area (Å²) in [6.07, 6.45) is 0. The Kier molecular flexibility index (Phi) is 5.28. The van der Waals surface area contributed by atoms with Crippen molar-refractivity contribution in [1.82, 2.24) is 0 Å². The molecule has 0 aliphatic carbocycles. The third kappa shape index (κ3) is 4.50. The molecule has 2 aromatic carbocycles. The minimum atomic E-state index is -0.905. The highest BCUT2D eigenvalue weighted by Gasteiger charge is 2.16. The van der Waals surface area contributed by atoms with E-state index in [0.717, 1.165) is 24.3 Å². The summed E-state index contributed by atoms with van der Waals surface area (Å²) in [6, 6.07) is 7.40. The maximum atomic E-state index is 13.4. The molecule has 0 radical (unpaired) electrons. The SMILES string of the molecule is Cc1ccc(NC(=O)COC(=O)c2ccc([N+](=O)[O-])cc2N)cc1F. The molecule has 1 amide bonds. The first-order valence-corrected chi connectivity index (χ1v) is 7.05. The first-order valence-electron chi connectivity index (χ1n) is 7.05. The van der Waals surface area contributed by atoms with Crippen molar-refractivity contribution in [3.05, 3.63) is 63.5 Å². The zero-order valence-electron chi connectivity index (χ0n) is 13.1. The second kappa shape index (κ2) is 7.39. The Morgan fingerprint density at radius 2 is 2.00 bits per heavy atom.